The summed E-state index contributed by atoms with van der Waals surface area (Å²) in [7, 11) is 0. The van der Waals surface area contributed by atoms with Crippen LogP contribution in [0.4, 0.5) is 8.78 Å². The molecule has 0 heterocycles. The summed E-state index contributed by atoms with van der Waals surface area (Å²) in [5.41, 5.74) is -0.664. The Hall–Kier alpha value is -0.960. The first-order valence-corrected chi connectivity index (χ1v) is 4.57. The highest BCUT2D eigenvalue weighted by Gasteiger charge is 2.77. The Morgan fingerprint density at radius 3 is 2.29 bits per heavy atom. The van der Waals surface area contributed by atoms with E-state index in [0.29, 0.717) is 5.56 Å². The fourth-order valence-corrected chi connectivity index (χ4v) is 2.00. The van der Waals surface area contributed by atoms with E-state index in [1.807, 2.05) is 0 Å². The van der Waals surface area contributed by atoms with Gasteiger partial charge in [-0.1, -0.05) is 37.3 Å². The summed E-state index contributed by atoms with van der Waals surface area (Å²) >= 11 is 0. The second kappa shape index (κ2) is 2.76. The lowest BCUT2D eigenvalue weighted by Crippen LogP contribution is -2.10. The van der Waals surface area contributed by atoms with Crippen LogP contribution in [-0.4, -0.2) is 17.6 Å². The number of alkyl halides is 2. The first-order valence-electron chi connectivity index (χ1n) is 4.57. The molecule has 0 bridgehead atoms. The molecule has 0 amide bonds. The predicted octanol–water partition coefficient (Wildman–Crippen LogP) is 2.42. The van der Waals surface area contributed by atoms with E-state index >= 15 is 0 Å². The first kappa shape index (κ1) is 9.59. The molecule has 1 aromatic carbocycles. The summed E-state index contributed by atoms with van der Waals surface area (Å²) in [4.78, 5) is 0. The molecular formula is C11H12F2O. The molecule has 0 unspecified atom stereocenters. The average Bonchev–Trinajstić information content (AvgIpc) is 2.63. The van der Waals surface area contributed by atoms with Gasteiger partial charge in [0.25, 0.3) is 5.92 Å². The molecule has 1 aliphatic rings. The number of halogens is 2. The molecule has 0 aromatic heterocycles. The van der Waals surface area contributed by atoms with Gasteiger partial charge in [-0.15, -0.1) is 0 Å². The number of aliphatic hydroxyl groups is 1. The molecule has 1 N–H and O–H groups in total. The molecule has 1 nitrogen and oxygen atoms in total. The SMILES string of the molecule is C[C@@]1(CO)[C@H](c2ccccc2)C1(F)F. The summed E-state index contributed by atoms with van der Waals surface area (Å²) in [6, 6.07) is 8.63. The molecule has 0 aliphatic heterocycles. The third kappa shape index (κ3) is 1.02. The van der Waals surface area contributed by atoms with Gasteiger partial charge in [-0.3, -0.25) is 0 Å². The Morgan fingerprint density at radius 1 is 1.29 bits per heavy atom. The van der Waals surface area contributed by atoms with E-state index < -0.39 is 23.9 Å². The molecule has 14 heavy (non-hydrogen) atoms. The van der Waals surface area contributed by atoms with Gasteiger partial charge in [0, 0.05) is 0 Å². The van der Waals surface area contributed by atoms with Crippen molar-refractivity contribution in [2.45, 2.75) is 18.8 Å². The number of hydrogen-bond donors (Lipinski definition) is 1. The monoisotopic (exact) mass is 198 g/mol. The zero-order valence-corrected chi connectivity index (χ0v) is 7.87. The third-order valence-electron chi connectivity index (χ3n) is 3.14. The summed E-state index contributed by atoms with van der Waals surface area (Å²) in [5.74, 6) is -3.61. The normalized spacial score (nSPS) is 34.1. The Balaban J connectivity index is 2.32. The molecular weight excluding hydrogens is 186 g/mol. The molecule has 0 saturated heterocycles. The van der Waals surface area contributed by atoms with Gasteiger partial charge in [-0.05, 0) is 5.56 Å². The van der Waals surface area contributed by atoms with Crippen molar-refractivity contribution in [3.8, 4) is 0 Å². The lowest BCUT2D eigenvalue weighted by atomic mass is 10.0. The molecule has 1 saturated carbocycles. The van der Waals surface area contributed by atoms with E-state index in [1.54, 1.807) is 30.3 Å². The Bertz CT molecular complexity index is 336. The van der Waals surface area contributed by atoms with Gasteiger partial charge < -0.3 is 5.11 Å². The van der Waals surface area contributed by atoms with Gasteiger partial charge in [0.15, 0.2) is 0 Å². The Morgan fingerprint density at radius 2 is 1.86 bits per heavy atom. The van der Waals surface area contributed by atoms with Crippen LogP contribution in [0.2, 0.25) is 0 Å². The molecule has 1 aliphatic carbocycles. The zero-order chi connectivity index (χ0) is 10.4. The maximum absolute atomic E-state index is 13.4. The van der Waals surface area contributed by atoms with E-state index in [1.165, 1.54) is 6.92 Å². The lowest BCUT2D eigenvalue weighted by molar-refractivity contribution is 0.0436. The minimum atomic E-state index is -2.77. The fraction of sp³-hybridized carbons (Fsp3) is 0.455. The van der Waals surface area contributed by atoms with Gasteiger partial charge in [0.05, 0.1) is 17.9 Å². The van der Waals surface area contributed by atoms with E-state index in [2.05, 4.69) is 0 Å². The number of rotatable bonds is 2. The molecule has 76 valence electrons. The van der Waals surface area contributed by atoms with Gasteiger partial charge in [-0.2, -0.15) is 0 Å². The molecule has 3 heteroatoms. The summed E-state index contributed by atoms with van der Waals surface area (Å²) < 4.78 is 26.7. The Labute approximate surface area is 81.4 Å². The minimum Gasteiger partial charge on any atom is -0.396 e. The van der Waals surface area contributed by atoms with Crippen LogP contribution in [-0.2, 0) is 0 Å². The van der Waals surface area contributed by atoms with Crippen LogP contribution in [0, 0.1) is 5.41 Å². The van der Waals surface area contributed by atoms with Crippen molar-refractivity contribution in [2.75, 3.05) is 6.61 Å². The maximum atomic E-state index is 13.4. The van der Waals surface area contributed by atoms with Gasteiger partial charge >= 0.3 is 0 Å². The standard InChI is InChI=1S/C11H12F2O/c1-10(7-14)9(11(10,12)13)8-5-3-2-4-6-8/h2-6,9,14H,7H2,1H3/t9-,10+/m0/s1. The summed E-state index contributed by atoms with van der Waals surface area (Å²) in [6.45, 7) is 0.949. The van der Waals surface area contributed by atoms with Crippen molar-refractivity contribution >= 4 is 0 Å². The summed E-state index contributed by atoms with van der Waals surface area (Å²) in [5, 5.41) is 8.95. The highest BCUT2D eigenvalue weighted by molar-refractivity contribution is 5.36. The van der Waals surface area contributed by atoms with Crippen molar-refractivity contribution in [2.24, 2.45) is 5.41 Å². The quantitative estimate of drug-likeness (QED) is 0.773. The van der Waals surface area contributed by atoms with Gasteiger partial charge in [-0.25, -0.2) is 8.78 Å². The first-order chi connectivity index (χ1) is 6.54. The second-order valence-electron chi connectivity index (χ2n) is 4.04. The number of aliphatic hydroxyl groups excluding tert-OH is 1. The third-order valence-corrected chi connectivity index (χ3v) is 3.14. The number of benzene rings is 1. The van der Waals surface area contributed by atoms with Crippen molar-refractivity contribution in [1.82, 2.24) is 0 Å². The predicted molar refractivity (Wildman–Crippen MR) is 49.3 cm³/mol. The smallest absolute Gasteiger partial charge is 0.263 e. The van der Waals surface area contributed by atoms with Crippen molar-refractivity contribution in [1.29, 1.82) is 0 Å². The number of hydrogen-bond acceptors (Lipinski definition) is 1. The topological polar surface area (TPSA) is 20.2 Å². The van der Waals surface area contributed by atoms with Crippen LogP contribution >= 0.6 is 0 Å². The Kier molecular flexibility index (Phi) is 1.89. The van der Waals surface area contributed by atoms with Crippen molar-refractivity contribution < 1.29 is 13.9 Å². The van der Waals surface area contributed by atoms with Crippen LogP contribution in [0.5, 0.6) is 0 Å². The lowest BCUT2D eigenvalue weighted by Gasteiger charge is -2.03. The molecule has 0 spiro atoms. The summed E-state index contributed by atoms with van der Waals surface area (Å²) in [6.07, 6.45) is 0. The van der Waals surface area contributed by atoms with Crippen molar-refractivity contribution in [3.05, 3.63) is 35.9 Å². The van der Waals surface area contributed by atoms with Crippen LogP contribution in [0.1, 0.15) is 18.4 Å². The second-order valence-corrected chi connectivity index (χ2v) is 4.04. The fourth-order valence-electron chi connectivity index (χ4n) is 2.00. The van der Waals surface area contributed by atoms with E-state index in [4.69, 9.17) is 5.11 Å². The van der Waals surface area contributed by atoms with Crippen LogP contribution in [0.15, 0.2) is 30.3 Å². The minimum absolute atomic E-state index is 0.473. The molecule has 1 aromatic rings. The highest BCUT2D eigenvalue weighted by Crippen LogP contribution is 2.70. The molecule has 2 rings (SSSR count). The van der Waals surface area contributed by atoms with Crippen molar-refractivity contribution in [3.63, 3.8) is 0 Å². The van der Waals surface area contributed by atoms with Gasteiger partial charge in [0.1, 0.15) is 0 Å². The van der Waals surface area contributed by atoms with E-state index in [0.717, 1.165) is 0 Å². The zero-order valence-electron chi connectivity index (χ0n) is 7.87. The van der Waals surface area contributed by atoms with Crippen LogP contribution < -0.4 is 0 Å². The molecule has 1 fully saturated rings. The van der Waals surface area contributed by atoms with E-state index in [-0.39, 0.29) is 0 Å². The largest absolute Gasteiger partial charge is 0.396 e. The molecule has 2 atom stereocenters. The van der Waals surface area contributed by atoms with Crippen LogP contribution in [0.25, 0.3) is 0 Å². The van der Waals surface area contributed by atoms with Crippen LogP contribution in [0.3, 0.4) is 0 Å². The maximum Gasteiger partial charge on any atom is 0.263 e. The average molecular weight is 198 g/mol. The van der Waals surface area contributed by atoms with E-state index in [9.17, 15) is 8.78 Å². The van der Waals surface area contributed by atoms with Gasteiger partial charge in [0.2, 0.25) is 0 Å². The molecule has 0 radical (unpaired) electrons. The highest BCUT2D eigenvalue weighted by atomic mass is 19.3.